The van der Waals surface area contributed by atoms with Crippen molar-refractivity contribution in [3.05, 3.63) is 65.9 Å². The minimum Gasteiger partial charge on any atom is -0.334 e. The number of nitrogens with zero attached hydrogens (tertiary/aromatic N) is 7. The van der Waals surface area contributed by atoms with Gasteiger partial charge in [0.15, 0.2) is 11.6 Å². The van der Waals surface area contributed by atoms with Crippen LogP contribution in [0.25, 0.3) is 22.3 Å². The van der Waals surface area contributed by atoms with Crippen LogP contribution in [-0.2, 0) is 0 Å². The monoisotopic (exact) mass is 506 g/mol. The summed E-state index contributed by atoms with van der Waals surface area (Å²) in [7, 11) is 0. The van der Waals surface area contributed by atoms with Crippen LogP contribution in [0.1, 0.15) is 44.4 Å². The summed E-state index contributed by atoms with van der Waals surface area (Å²) in [4.78, 5) is 22.1. The van der Waals surface area contributed by atoms with Gasteiger partial charge in [0, 0.05) is 55.7 Å². The summed E-state index contributed by atoms with van der Waals surface area (Å²) in [6.45, 7) is 12.6. The van der Waals surface area contributed by atoms with Crippen LogP contribution in [0.2, 0.25) is 0 Å². The maximum absolute atomic E-state index is 15.1. The Labute approximate surface area is 215 Å². The fraction of sp³-hybridized carbons (Fsp3) is 0.407. The van der Waals surface area contributed by atoms with Crippen molar-refractivity contribution in [3.63, 3.8) is 0 Å². The molecule has 1 aliphatic rings. The molecule has 1 unspecified atom stereocenters. The molecule has 37 heavy (non-hydrogen) atoms. The van der Waals surface area contributed by atoms with Gasteiger partial charge in [-0.3, -0.25) is 9.88 Å². The molecule has 1 N–H and O–H groups in total. The van der Waals surface area contributed by atoms with Crippen molar-refractivity contribution in [2.45, 2.75) is 39.9 Å². The lowest BCUT2D eigenvalue weighted by Gasteiger charge is -2.39. The molecule has 0 bridgehead atoms. The fourth-order valence-corrected chi connectivity index (χ4v) is 5.08. The lowest BCUT2D eigenvalue weighted by molar-refractivity contribution is 0.109. The summed E-state index contributed by atoms with van der Waals surface area (Å²) in [6, 6.07) is 7.00. The number of halogens is 2. The van der Waals surface area contributed by atoms with Crippen molar-refractivity contribution < 1.29 is 8.78 Å². The van der Waals surface area contributed by atoms with Crippen molar-refractivity contribution in [2.24, 2.45) is 0 Å². The molecule has 5 rings (SSSR count). The Bertz CT molecular complexity index is 1380. The number of pyridine rings is 1. The fourth-order valence-electron chi connectivity index (χ4n) is 5.08. The molecule has 0 saturated carbocycles. The summed E-state index contributed by atoms with van der Waals surface area (Å²) < 4.78 is 32.0. The van der Waals surface area contributed by atoms with Gasteiger partial charge in [-0.25, -0.2) is 23.7 Å². The zero-order chi connectivity index (χ0) is 26.1. The van der Waals surface area contributed by atoms with Crippen LogP contribution in [0.5, 0.6) is 0 Å². The van der Waals surface area contributed by atoms with Gasteiger partial charge < -0.3 is 14.8 Å². The van der Waals surface area contributed by atoms with E-state index < -0.39 is 11.6 Å². The summed E-state index contributed by atoms with van der Waals surface area (Å²) >= 11 is 0. The molecule has 10 heteroatoms. The third-order valence-electron chi connectivity index (χ3n) is 6.94. The Morgan fingerprint density at radius 2 is 1.81 bits per heavy atom. The number of anilines is 1. The van der Waals surface area contributed by atoms with Gasteiger partial charge in [-0.05, 0) is 45.5 Å². The summed E-state index contributed by atoms with van der Waals surface area (Å²) in [5, 5.41) is 3.39. The number of nitrogens with one attached hydrogen (secondary N) is 1. The van der Waals surface area contributed by atoms with Crippen LogP contribution < -0.4 is 5.32 Å². The molecule has 0 amide bonds. The van der Waals surface area contributed by atoms with E-state index in [1.165, 1.54) is 6.07 Å². The number of fused-ring (bicyclic) bond motifs is 1. The number of piperazine rings is 1. The first-order valence-electron chi connectivity index (χ1n) is 12.7. The number of hydrogen-bond acceptors (Lipinski definition) is 7. The zero-order valence-corrected chi connectivity index (χ0v) is 21.6. The van der Waals surface area contributed by atoms with E-state index in [0.29, 0.717) is 16.9 Å². The second-order valence-electron chi connectivity index (χ2n) is 9.64. The summed E-state index contributed by atoms with van der Waals surface area (Å²) in [5.74, 6) is -0.165. The third-order valence-corrected chi connectivity index (χ3v) is 6.94. The molecule has 1 atom stereocenters. The lowest BCUT2D eigenvalue weighted by Crippen LogP contribution is -2.49. The number of rotatable bonds is 7. The predicted octanol–water partition coefficient (Wildman–Crippen LogP) is 4.80. The molecule has 0 radical (unpaired) electrons. The van der Waals surface area contributed by atoms with Gasteiger partial charge in [0.25, 0.3) is 0 Å². The Morgan fingerprint density at radius 3 is 2.49 bits per heavy atom. The molecule has 194 valence electrons. The van der Waals surface area contributed by atoms with Gasteiger partial charge in [0.05, 0.1) is 11.7 Å². The first-order valence-corrected chi connectivity index (χ1v) is 12.7. The van der Waals surface area contributed by atoms with E-state index in [-0.39, 0.29) is 29.4 Å². The minimum atomic E-state index is -0.619. The maximum atomic E-state index is 15.1. The van der Waals surface area contributed by atoms with E-state index in [9.17, 15) is 0 Å². The van der Waals surface area contributed by atoms with Crippen LogP contribution >= 0.6 is 0 Å². The second kappa shape index (κ2) is 10.5. The van der Waals surface area contributed by atoms with Crippen LogP contribution in [0, 0.1) is 18.6 Å². The number of imidazole rings is 1. The Kier molecular flexibility index (Phi) is 7.12. The van der Waals surface area contributed by atoms with Gasteiger partial charge in [-0.15, -0.1) is 0 Å². The third kappa shape index (κ3) is 5.03. The van der Waals surface area contributed by atoms with Crippen molar-refractivity contribution >= 4 is 17.0 Å². The molecular weight excluding hydrogens is 474 g/mol. The van der Waals surface area contributed by atoms with E-state index in [4.69, 9.17) is 0 Å². The standard InChI is InChI=1S/C27H32F2N8/c1-5-35-9-11-36(12-10-35)26(19-7-6-8-30-15-19)34-27-31-16-22(29)24(33-27)20-13-21(28)25-23(14-20)37(17(2)3)18(4)32-25/h6-8,13-17,26H,5,9-12H2,1-4H3,(H,31,33,34). The zero-order valence-electron chi connectivity index (χ0n) is 21.6. The lowest BCUT2D eigenvalue weighted by atomic mass is 10.1. The molecule has 1 aromatic carbocycles. The molecular formula is C27H32F2N8. The van der Waals surface area contributed by atoms with E-state index in [1.54, 1.807) is 12.3 Å². The highest BCUT2D eigenvalue weighted by Crippen LogP contribution is 2.31. The molecule has 4 heterocycles. The number of benzene rings is 1. The van der Waals surface area contributed by atoms with E-state index in [0.717, 1.165) is 44.5 Å². The molecule has 8 nitrogen and oxygen atoms in total. The molecule has 0 spiro atoms. The average Bonchev–Trinajstić information content (AvgIpc) is 3.25. The van der Waals surface area contributed by atoms with Crippen molar-refractivity contribution in [1.29, 1.82) is 0 Å². The Hall–Kier alpha value is -3.50. The van der Waals surface area contributed by atoms with E-state index >= 15 is 8.78 Å². The van der Waals surface area contributed by atoms with Crippen LogP contribution in [0.4, 0.5) is 14.7 Å². The molecule has 3 aromatic heterocycles. The van der Waals surface area contributed by atoms with Gasteiger partial charge in [0.2, 0.25) is 5.95 Å². The van der Waals surface area contributed by atoms with Crippen molar-refractivity contribution in [3.8, 4) is 11.3 Å². The molecule has 1 fully saturated rings. The van der Waals surface area contributed by atoms with Gasteiger partial charge in [-0.1, -0.05) is 13.0 Å². The quantitative estimate of drug-likeness (QED) is 0.386. The van der Waals surface area contributed by atoms with Crippen LogP contribution in [0.3, 0.4) is 0 Å². The highest BCUT2D eigenvalue weighted by atomic mass is 19.1. The SMILES string of the molecule is CCN1CCN(C(Nc2ncc(F)c(-c3cc(F)c4nc(C)n(C(C)C)c4c3)n2)c2cccnc2)CC1. The number of likely N-dealkylation sites (N-methyl/N-ethyl adjacent to an activating group) is 1. The molecule has 1 aliphatic heterocycles. The predicted molar refractivity (Wildman–Crippen MR) is 140 cm³/mol. The van der Waals surface area contributed by atoms with Crippen LogP contribution in [0.15, 0.2) is 42.9 Å². The van der Waals surface area contributed by atoms with E-state index in [2.05, 4.69) is 42.0 Å². The maximum Gasteiger partial charge on any atom is 0.224 e. The number of aromatic nitrogens is 5. The minimum absolute atomic E-state index is 0.0354. The van der Waals surface area contributed by atoms with E-state index in [1.807, 2.05) is 43.7 Å². The largest absolute Gasteiger partial charge is 0.334 e. The van der Waals surface area contributed by atoms with Gasteiger partial charge in [-0.2, -0.15) is 0 Å². The topological polar surface area (TPSA) is 75.0 Å². The number of hydrogen-bond donors (Lipinski definition) is 1. The summed E-state index contributed by atoms with van der Waals surface area (Å²) in [6.07, 6.45) is 4.44. The first-order chi connectivity index (χ1) is 17.9. The first kappa shape index (κ1) is 25.2. The van der Waals surface area contributed by atoms with Gasteiger partial charge >= 0.3 is 0 Å². The number of aryl methyl sites for hydroxylation is 1. The molecule has 1 saturated heterocycles. The van der Waals surface area contributed by atoms with Crippen molar-refractivity contribution in [2.75, 3.05) is 38.0 Å². The molecule has 4 aromatic rings. The van der Waals surface area contributed by atoms with Crippen LogP contribution in [-0.4, -0.2) is 67.0 Å². The smallest absolute Gasteiger partial charge is 0.224 e. The Morgan fingerprint density at radius 1 is 1.03 bits per heavy atom. The normalized spacial score (nSPS) is 16.0. The molecule has 0 aliphatic carbocycles. The second-order valence-corrected chi connectivity index (χ2v) is 9.64. The highest BCUT2D eigenvalue weighted by molar-refractivity contribution is 5.83. The van der Waals surface area contributed by atoms with Gasteiger partial charge in [0.1, 0.15) is 23.2 Å². The van der Waals surface area contributed by atoms with Crippen molar-refractivity contribution in [1.82, 2.24) is 34.3 Å². The Balaban J connectivity index is 1.51. The highest BCUT2D eigenvalue weighted by Gasteiger charge is 2.26. The average molecular weight is 507 g/mol. The summed E-state index contributed by atoms with van der Waals surface area (Å²) in [5.41, 5.74) is 2.21.